The summed E-state index contributed by atoms with van der Waals surface area (Å²) in [5.41, 5.74) is 4.62. The third kappa shape index (κ3) is 5.69. The zero-order valence-corrected chi connectivity index (χ0v) is 17.9. The Kier molecular flexibility index (Phi) is 8.00. The van der Waals surface area contributed by atoms with Gasteiger partial charge in [-0.3, -0.25) is 0 Å². The summed E-state index contributed by atoms with van der Waals surface area (Å²) >= 11 is 0. The van der Waals surface area contributed by atoms with Crippen molar-refractivity contribution in [3.05, 3.63) is 69.8 Å². The molecule has 4 nitrogen and oxygen atoms in total. The van der Waals surface area contributed by atoms with Gasteiger partial charge in [0.1, 0.15) is 0 Å². The fraction of sp³-hybridized carbons (Fsp3) is 0.440. The molecule has 2 aromatic carbocycles. The molecule has 0 saturated heterocycles. The molecule has 0 aliphatic rings. The summed E-state index contributed by atoms with van der Waals surface area (Å²) in [4.78, 5) is 23.5. The minimum atomic E-state index is -0.918. The number of aryl methyl sites for hydroxylation is 2. The van der Waals surface area contributed by atoms with Gasteiger partial charge in [0.15, 0.2) is 0 Å². The Morgan fingerprint density at radius 1 is 0.759 bits per heavy atom. The molecule has 0 radical (unpaired) electrons. The second-order valence-electron chi connectivity index (χ2n) is 7.99. The van der Waals surface area contributed by atoms with Crippen LogP contribution in [0.3, 0.4) is 0 Å². The first-order valence-corrected chi connectivity index (χ1v) is 10.5. The number of carboxylic acid groups (broad SMARTS) is 2. The van der Waals surface area contributed by atoms with Crippen molar-refractivity contribution in [2.75, 3.05) is 0 Å². The highest BCUT2D eigenvalue weighted by Crippen LogP contribution is 2.34. The molecule has 156 valence electrons. The molecule has 0 spiro atoms. The third-order valence-corrected chi connectivity index (χ3v) is 5.54. The Balaban J connectivity index is 2.36. The molecule has 2 aromatic rings. The predicted octanol–water partition coefficient (Wildman–Crippen LogP) is 6.29. The van der Waals surface area contributed by atoms with Crippen LogP contribution < -0.4 is 0 Å². The minimum absolute atomic E-state index is 0.00406. The first kappa shape index (κ1) is 22.7. The van der Waals surface area contributed by atoms with Gasteiger partial charge in [-0.2, -0.15) is 0 Å². The zero-order valence-electron chi connectivity index (χ0n) is 17.9. The van der Waals surface area contributed by atoms with E-state index in [1.807, 2.05) is 38.1 Å². The van der Waals surface area contributed by atoms with Gasteiger partial charge in [-0.05, 0) is 65.5 Å². The van der Waals surface area contributed by atoms with Crippen molar-refractivity contribution in [1.29, 1.82) is 0 Å². The highest BCUT2D eigenvalue weighted by atomic mass is 16.4. The Morgan fingerprint density at radius 3 is 1.45 bits per heavy atom. The monoisotopic (exact) mass is 396 g/mol. The maximum absolute atomic E-state index is 11.7. The summed E-state index contributed by atoms with van der Waals surface area (Å²) < 4.78 is 0. The average Bonchev–Trinajstić information content (AvgIpc) is 2.68. The van der Waals surface area contributed by atoms with E-state index in [1.165, 1.54) is 0 Å². The van der Waals surface area contributed by atoms with Gasteiger partial charge >= 0.3 is 11.9 Å². The van der Waals surface area contributed by atoms with E-state index in [9.17, 15) is 19.8 Å². The number of carboxylic acids is 2. The Hall–Kier alpha value is -2.62. The van der Waals surface area contributed by atoms with Crippen molar-refractivity contribution < 1.29 is 19.8 Å². The van der Waals surface area contributed by atoms with E-state index in [4.69, 9.17) is 0 Å². The van der Waals surface area contributed by atoms with Crippen molar-refractivity contribution in [3.8, 4) is 0 Å². The van der Waals surface area contributed by atoms with Crippen LogP contribution in [0.5, 0.6) is 0 Å². The van der Waals surface area contributed by atoms with Crippen LogP contribution in [0.15, 0.2) is 36.4 Å². The van der Waals surface area contributed by atoms with Gasteiger partial charge in [0.25, 0.3) is 0 Å². The molecule has 2 rings (SSSR count). The van der Waals surface area contributed by atoms with E-state index in [0.717, 1.165) is 47.9 Å². The fourth-order valence-corrected chi connectivity index (χ4v) is 4.10. The van der Waals surface area contributed by atoms with Gasteiger partial charge < -0.3 is 10.2 Å². The van der Waals surface area contributed by atoms with Gasteiger partial charge in [-0.25, -0.2) is 9.59 Å². The number of carbonyl (C=O) groups is 2. The van der Waals surface area contributed by atoms with Gasteiger partial charge in [-0.1, -0.05) is 64.8 Å². The topological polar surface area (TPSA) is 74.6 Å². The van der Waals surface area contributed by atoms with Gasteiger partial charge in [0, 0.05) is 0 Å². The molecular formula is C25H32O4. The van der Waals surface area contributed by atoms with Gasteiger partial charge in [0.2, 0.25) is 0 Å². The summed E-state index contributed by atoms with van der Waals surface area (Å²) in [7, 11) is 0. The summed E-state index contributed by atoms with van der Waals surface area (Å²) in [6.07, 6.45) is 4.52. The molecule has 2 atom stereocenters. The lowest BCUT2D eigenvalue weighted by Crippen LogP contribution is -2.11. The first-order chi connectivity index (χ1) is 13.8. The van der Waals surface area contributed by atoms with Crippen LogP contribution in [0.25, 0.3) is 0 Å². The maximum Gasteiger partial charge on any atom is 0.335 e. The fourth-order valence-electron chi connectivity index (χ4n) is 4.10. The lowest BCUT2D eigenvalue weighted by Gasteiger charge is -2.22. The zero-order chi connectivity index (χ0) is 21.6. The van der Waals surface area contributed by atoms with Crippen molar-refractivity contribution in [2.24, 2.45) is 0 Å². The van der Waals surface area contributed by atoms with E-state index >= 15 is 0 Å². The van der Waals surface area contributed by atoms with Crippen LogP contribution in [0.1, 0.15) is 102 Å². The molecule has 0 bridgehead atoms. The number of rotatable bonds is 10. The van der Waals surface area contributed by atoms with Crippen molar-refractivity contribution in [3.63, 3.8) is 0 Å². The Labute approximate surface area is 173 Å². The highest BCUT2D eigenvalue weighted by Gasteiger charge is 2.22. The second kappa shape index (κ2) is 10.2. The molecule has 4 heteroatoms. The van der Waals surface area contributed by atoms with Crippen LogP contribution in [0, 0.1) is 0 Å². The molecule has 0 aliphatic heterocycles. The van der Waals surface area contributed by atoms with Gasteiger partial charge in [0.05, 0.1) is 11.1 Å². The Morgan fingerprint density at radius 2 is 1.14 bits per heavy atom. The SMILES string of the molecule is CCCc1ccc(C(=O)O)c(C(C)CC(C)c2cc(CCC)ccc2C(=O)O)c1. The lowest BCUT2D eigenvalue weighted by molar-refractivity contribution is 0.0685. The molecule has 0 amide bonds. The molecule has 2 N–H and O–H groups in total. The van der Waals surface area contributed by atoms with E-state index < -0.39 is 11.9 Å². The van der Waals surface area contributed by atoms with Crippen LogP contribution >= 0.6 is 0 Å². The quantitative estimate of drug-likeness (QED) is 0.495. The summed E-state index contributed by atoms with van der Waals surface area (Å²) in [6.45, 7) is 8.27. The highest BCUT2D eigenvalue weighted by molar-refractivity contribution is 5.90. The van der Waals surface area contributed by atoms with E-state index in [2.05, 4.69) is 13.8 Å². The van der Waals surface area contributed by atoms with Crippen molar-refractivity contribution in [2.45, 2.75) is 71.6 Å². The molecule has 29 heavy (non-hydrogen) atoms. The summed E-state index contributed by atoms with van der Waals surface area (Å²) in [6, 6.07) is 11.2. The summed E-state index contributed by atoms with van der Waals surface area (Å²) in [5, 5.41) is 19.2. The second-order valence-corrected chi connectivity index (χ2v) is 7.99. The van der Waals surface area contributed by atoms with Crippen LogP contribution in [0.2, 0.25) is 0 Å². The van der Waals surface area contributed by atoms with Crippen LogP contribution in [-0.2, 0) is 12.8 Å². The average molecular weight is 397 g/mol. The smallest absolute Gasteiger partial charge is 0.335 e. The van der Waals surface area contributed by atoms with E-state index in [1.54, 1.807) is 12.1 Å². The Bertz CT molecular complexity index is 798. The molecule has 2 unspecified atom stereocenters. The van der Waals surface area contributed by atoms with E-state index in [0.29, 0.717) is 17.5 Å². The number of aromatic carboxylic acids is 2. The summed E-state index contributed by atoms with van der Waals surface area (Å²) in [5.74, 6) is -1.83. The molecule has 0 saturated carbocycles. The standard InChI is InChI=1S/C25H32O4/c1-5-7-18-9-11-20(24(26)27)22(14-18)16(3)13-17(4)23-15-19(8-6-2)10-12-21(23)25(28)29/h9-12,14-17H,5-8,13H2,1-4H3,(H,26,27)(H,28,29). The predicted molar refractivity (Wildman–Crippen MR) is 116 cm³/mol. The van der Waals surface area contributed by atoms with E-state index in [-0.39, 0.29) is 11.8 Å². The molecule has 0 aromatic heterocycles. The van der Waals surface area contributed by atoms with Crippen LogP contribution in [-0.4, -0.2) is 22.2 Å². The van der Waals surface area contributed by atoms with Crippen molar-refractivity contribution >= 4 is 11.9 Å². The molecule has 0 aliphatic carbocycles. The van der Waals surface area contributed by atoms with Crippen LogP contribution in [0.4, 0.5) is 0 Å². The third-order valence-electron chi connectivity index (χ3n) is 5.54. The molecule has 0 fully saturated rings. The van der Waals surface area contributed by atoms with Gasteiger partial charge in [-0.15, -0.1) is 0 Å². The number of hydrogen-bond donors (Lipinski definition) is 2. The number of hydrogen-bond acceptors (Lipinski definition) is 2. The maximum atomic E-state index is 11.7. The molecular weight excluding hydrogens is 364 g/mol. The lowest BCUT2D eigenvalue weighted by atomic mass is 9.82. The normalized spacial score (nSPS) is 13.1. The minimum Gasteiger partial charge on any atom is -0.478 e. The number of benzene rings is 2. The molecule has 0 heterocycles. The largest absolute Gasteiger partial charge is 0.478 e. The first-order valence-electron chi connectivity index (χ1n) is 10.5. The van der Waals surface area contributed by atoms with Crippen molar-refractivity contribution in [1.82, 2.24) is 0 Å².